The summed E-state index contributed by atoms with van der Waals surface area (Å²) in [5, 5.41) is 8.23. The number of esters is 1. The molecule has 0 aliphatic heterocycles. The van der Waals surface area contributed by atoms with E-state index in [9.17, 15) is 19.2 Å². The van der Waals surface area contributed by atoms with E-state index in [1.165, 1.54) is 0 Å². The van der Waals surface area contributed by atoms with Gasteiger partial charge in [0.05, 0.1) is 0 Å². The lowest BCUT2D eigenvalue weighted by Gasteiger charge is -2.28. The Labute approximate surface area is 92.6 Å². The van der Waals surface area contributed by atoms with Crippen LogP contribution in [0.2, 0.25) is 0 Å². The monoisotopic (exact) mass is 230 g/mol. The Hall–Kier alpha value is -1.72. The van der Waals surface area contributed by atoms with Gasteiger partial charge in [-0.05, 0) is 19.8 Å². The Morgan fingerprint density at radius 2 is 1.50 bits per heavy atom. The van der Waals surface area contributed by atoms with Crippen molar-refractivity contribution >= 4 is 23.5 Å². The first-order chi connectivity index (χ1) is 7.09. The van der Waals surface area contributed by atoms with Crippen LogP contribution in [0.4, 0.5) is 0 Å². The van der Waals surface area contributed by atoms with Gasteiger partial charge >= 0.3 is 23.5 Å². The number of hydrogen-bond acceptors (Lipinski definition) is 5. The van der Waals surface area contributed by atoms with Crippen LogP contribution in [0.1, 0.15) is 27.7 Å². The molecule has 0 unspecified atom stereocenters. The molecule has 1 N–H and O–H groups in total. The van der Waals surface area contributed by atoms with E-state index >= 15 is 0 Å². The summed E-state index contributed by atoms with van der Waals surface area (Å²) in [4.78, 5) is 43.0. The van der Waals surface area contributed by atoms with Gasteiger partial charge in [-0.1, -0.05) is 13.8 Å². The topological polar surface area (TPSA) is 97.7 Å². The van der Waals surface area contributed by atoms with Gasteiger partial charge in [-0.15, -0.1) is 0 Å². The van der Waals surface area contributed by atoms with Gasteiger partial charge in [0.25, 0.3) is 0 Å². The zero-order valence-corrected chi connectivity index (χ0v) is 9.57. The van der Waals surface area contributed by atoms with Gasteiger partial charge in [0.1, 0.15) is 5.60 Å². The quantitative estimate of drug-likeness (QED) is 0.411. The van der Waals surface area contributed by atoms with Gasteiger partial charge in [0.15, 0.2) is 0 Å². The maximum atomic E-state index is 11.2. The molecule has 0 aliphatic carbocycles. The molecule has 0 spiro atoms. The highest BCUT2D eigenvalue weighted by Gasteiger charge is 2.35. The number of hydrogen-bond donors (Lipinski definition) is 1. The van der Waals surface area contributed by atoms with Crippen molar-refractivity contribution in [3.8, 4) is 0 Å². The Morgan fingerprint density at radius 1 is 1.06 bits per heavy atom. The molecule has 90 valence electrons. The molecule has 0 radical (unpaired) electrons. The summed E-state index contributed by atoms with van der Waals surface area (Å²) >= 11 is 0. The van der Waals surface area contributed by atoms with E-state index in [-0.39, 0.29) is 5.92 Å². The van der Waals surface area contributed by atoms with E-state index in [2.05, 4.69) is 0 Å². The highest BCUT2D eigenvalue weighted by molar-refractivity contribution is 6.75. The first-order valence-corrected chi connectivity index (χ1v) is 4.64. The fourth-order valence-corrected chi connectivity index (χ4v) is 0.593. The smallest absolute Gasteiger partial charge is 0.384 e. The highest BCUT2D eigenvalue weighted by atomic mass is 16.6. The number of Topliss-reactive ketones (excluding diaryl/α,β-unsaturated/α-hetero) is 2. The summed E-state index contributed by atoms with van der Waals surface area (Å²) in [6.45, 7) is 6.65. The number of rotatable bonds is 5. The maximum absolute atomic E-state index is 11.2. The van der Waals surface area contributed by atoms with Crippen LogP contribution < -0.4 is 0 Å². The van der Waals surface area contributed by atoms with Crippen molar-refractivity contribution < 1.29 is 29.0 Å². The molecular formula is C10H14O6. The van der Waals surface area contributed by atoms with Crippen molar-refractivity contribution in [2.24, 2.45) is 5.92 Å². The van der Waals surface area contributed by atoms with Gasteiger partial charge < -0.3 is 9.84 Å². The summed E-state index contributed by atoms with van der Waals surface area (Å²) in [7, 11) is 0. The molecule has 0 rings (SSSR count). The first kappa shape index (κ1) is 14.3. The fraction of sp³-hybridized carbons (Fsp3) is 0.600. The Morgan fingerprint density at radius 3 is 1.81 bits per heavy atom. The number of carbonyl (C=O) groups excluding carboxylic acids is 3. The van der Waals surface area contributed by atoms with E-state index in [0.717, 1.165) is 0 Å². The van der Waals surface area contributed by atoms with E-state index in [0.29, 0.717) is 0 Å². The fourth-order valence-electron chi connectivity index (χ4n) is 0.593. The number of carboxylic acids is 1. The molecule has 0 saturated heterocycles. The van der Waals surface area contributed by atoms with Crippen LogP contribution in [-0.4, -0.2) is 34.2 Å². The molecule has 0 aromatic rings. The van der Waals surface area contributed by atoms with E-state index in [1.807, 2.05) is 0 Å². The average molecular weight is 230 g/mol. The summed E-state index contributed by atoms with van der Waals surface area (Å²) in [5.41, 5.74) is -0.939. The third kappa shape index (κ3) is 3.45. The van der Waals surface area contributed by atoms with Gasteiger partial charge in [-0.3, -0.25) is 9.59 Å². The van der Waals surface area contributed by atoms with E-state index < -0.39 is 29.1 Å². The predicted molar refractivity (Wildman–Crippen MR) is 52.7 cm³/mol. The lowest BCUT2D eigenvalue weighted by molar-refractivity contribution is -0.170. The molecule has 0 amide bonds. The molecule has 16 heavy (non-hydrogen) atoms. The van der Waals surface area contributed by atoms with Crippen LogP contribution in [0.3, 0.4) is 0 Å². The summed E-state index contributed by atoms with van der Waals surface area (Å²) < 4.78 is 4.76. The second kappa shape index (κ2) is 4.87. The van der Waals surface area contributed by atoms with Crippen LogP contribution >= 0.6 is 0 Å². The summed E-state index contributed by atoms with van der Waals surface area (Å²) in [5.74, 6) is -6.94. The zero-order valence-electron chi connectivity index (χ0n) is 9.57. The number of ketones is 2. The molecule has 6 heteroatoms. The van der Waals surface area contributed by atoms with E-state index in [4.69, 9.17) is 9.84 Å². The Bertz CT molecular complexity index is 339. The van der Waals surface area contributed by atoms with Gasteiger partial charge in [0.2, 0.25) is 0 Å². The number of aliphatic carboxylic acids is 1. The standard InChI is InChI=1S/C10H14O6/c1-5(2)10(3,4)16-9(15)7(12)6(11)8(13)14/h5H,1-4H3,(H,13,14). The molecule has 0 saturated carbocycles. The predicted octanol–water partition coefficient (Wildman–Crippen LogP) is 0.187. The van der Waals surface area contributed by atoms with Crippen LogP contribution in [0, 0.1) is 5.92 Å². The van der Waals surface area contributed by atoms with Gasteiger partial charge in [-0.25, -0.2) is 9.59 Å². The second-order valence-corrected chi connectivity index (χ2v) is 4.11. The van der Waals surface area contributed by atoms with Crippen molar-refractivity contribution in [1.82, 2.24) is 0 Å². The largest absolute Gasteiger partial charge is 0.475 e. The molecule has 0 bridgehead atoms. The molecule has 0 aromatic heterocycles. The molecular weight excluding hydrogens is 216 g/mol. The van der Waals surface area contributed by atoms with Crippen molar-refractivity contribution in [1.29, 1.82) is 0 Å². The molecule has 0 fully saturated rings. The average Bonchev–Trinajstić information content (AvgIpc) is 2.14. The second-order valence-electron chi connectivity index (χ2n) is 4.11. The molecule has 6 nitrogen and oxygen atoms in total. The minimum Gasteiger partial charge on any atom is -0.475 e. The maximum Gasteiger partial charge on any atom is 0.384 e. The number of carbonyl (C=O) groups is 4. The summed E-state index contributed by atoms with van der Waals surface area (Å²) in [6, 6.07) is 0. The van der Waals surface area contributed by atoms with Crippen molar-refractivity contribution in [2.75, 3.05) is 0 Å². The zero-order chi connectivity index (χ0) is 13.1. The normalized spacial score (nSPS) is 11.1. The Balaban J connectivity index is 4.67. The first-order valence-electron chi connectivity index (χ1n) is 4.64. The van der Waals surface area contributed by atoms with Crippen LogP contribution in [0.15, 0.2) is 0 Å². The molecule has 0 aliphatic rings. The van der Waals surface area contributed by atoms with Gasteiger partial charge in [-0.2, -0.15) is 0 Å². The molecule has 0 aromatic carbocycles. The SMILES string of the molecule is CC(C)C(C)(C)OC(=O)C(=O)C(=O)C(=O)O. The van der Waals surface area contributed by atoms with Crippen molar-refractivity contribution in [3.63, 3.8) is 0 Å². The highest BCUT2D eigenvalue weighted by Crippen LogP contribution is 2.20. The Kier molecular flexibility index (Phi) is 4.35. The minimum absolute atomic E-state index is 0.0795. The van der Waals surface area contributed by atoms with Crippen molar-refractivity contribution in [2.45, 2.75) is 33.3 Å². The van der Waals surface area contributed by atoms with Crippen molar-refractivity contribution in [3.05, 3.63) is 0 Å². The number of ether oxygens (including phenoxy) is 1. The van der Waals surface area contributed by atoms with E-state index in [1.54, 1.807) is 27.7 Å². The minimum atomic E-state index is -1.97. The molecule has 0 heterocycles. The van der Waals surface area contributed by atoms with Crippen LogP contribution in [0.5, 0.6) is 0 Å². The lowest BCUT2D eigenvalue weighted by Crippen LogP contribution is -2.40. The van der Waals surface area contributed by atoms with Crippen LogP contribution in [-0.2, 0) is 23.9 Å². The number of carboxylic acid groups (broad SMARTS) is 1. The summed E-state index contributed by atoms with van der Waals surface area (Å²) in [6.07, 6.45) is 0. The lowest BCUT2D eigenvalue weighted by atomic mass is 9.94. The molecule has 0 atom stereocenters. The third-order valence-corrected chi connectivity index (χ3v) is 2.33. The van der Waals surface area contributed by atoms with Gasteiger partial charge in [0, 0.05) is 0 Å². The van der Waals surface area contributed by atoms with Crippen LogP contribution in [0.25, 0.3) is 0 Å². The third-order valence-electron chi connectivity index (χ3n) is 2.33.